The van der Waals surface area contributed by atoms with Crippen LogP contribution in [0, 0.1) is 6.92 Å². The number of anilines is 1. The number of carbonyl (C=O) groups excluding carboxylic acids is 1. The van der Waals surface area contributed by atoms with Gasteiger partial charge < -0.3 is 11.1 Å². The van der Waals surface area contributed by atoms with Crippen molar-refractivity contribution in [3.63, 3.8) is 0 Å². The molecule has 0 radical (unpaired) electrons. The second-order valence-corrected chi connectivity index (χ2v) is 8.16. The standard InChI is InChI=1S/C18H23N3O3S/c1-13-9-10-15(11-17(13)25(23,24)21(2)3)20-18(22)12-16(19)14-7-5-4-6-8-14/h4-11,16H,12,19H2,1-3H3,(H,20,22). The molecule has 6 nitrogen and oxygen atoms in total. The third kappa shape index (κ3) is 4.66. The number of nitrogens with one attached hydrogen (secondary N) is 1. The van der Waals surface area contributed by atoms with Crippen LogP contribution in [-0.4, -0.2) is 32.7 Å². The summed E-state index contributed by atoms with van der Waals surface area (Å²) in [7, 11) is -0.632. The van der Waals surface area contributed by atoms with E-state index >= 15 is 0 Å². The smallest absolute Gasteiger partial charge is 0.242 e. The van der Waals surface area contributed by atoms with Gasteiger partial charge in [0.2, 0.25) is 15.9 Å². The summed E-state index contributed by atoms with van der Waals surface area (Å²) in [6.45, 7) is 1.72. The molecular weight excluding hydrogens is 338 g/mol. The molecule has 0 heterocycles. The van der Waals surface area contributed by atoms with Crippen LogP contribution in [0.15, 0.2) is 53.4 Å². The van der Waals surface area contributed by atoms with Crippen molar-refractivity contribution >= 4 is 21.6 Å². The van der Waals surface area contributed by atoms with Crippen molar-refractivity contribution in [1.29, 1.82) is 0 Å². The minimum absolute atomic E-state index is 0.105. The molecule has 0 aliphatic heterocycles. The SMILES string of the molecule is Cc1ccc(NC(=O)CC(N)c2ccccc2)cc1S(=O)(=O)N(C)C. The number of amides is 1. The molecule has 2 aromatic rings. The fourth-order valence-electron chi connectivity index (χ4n) is 2.38. The molecule has 0 spiro atoms. The first kappa shape index (κ1) is 19.1. The quantitative estimate of drug-likeness (QED) is 0.825. The summed E-state index contributed by atoms with van der Waals surface area (Å²) >= 11 is 0. The van der Waals surface area contributed by atoms with Gasteiger partial charge in [0, 0.05) is 32.2 Å². The molecule has 25 heavy (non-hydrogen) atoms. The fraction of sp³-hybridized carbons (Fsp3) is 0.278. The molecule has 0 aliphatic carbocycles. The lowest BCUT2D eigenvalue weighted by Gasteiger charge is -2.16. The minimum atomic E-state index is -3.57. The van der Waals surface area contributed by atoms with Crippen molar-refractivity contribution in [3.05, 3.63) is 59.7 Å². The van der Waals surface area contributed by atoms with Crippen molar-refractivity contribution < 1.29 is 13.2 Å². The monoisotopic (exact) mass is 361 g/mol. The first-order chi connectivity index (χ1) is 11.7. The minimum Gasteiger partial charge on any atom is -0.326 e. The zero-order chi connectivity index (χ0) is 18.6. The average Bonchev–Trinajstić information content (AvgIpc) is 2.57. The normalized spacial score (nSPS) is 12.8. The Morgan fingerprint density at radius 3 is 2.40 bits per heavy atom. The highest BCUT2D eigenvalue weighted by Gasteiger charge is 2.20. The number of carbonyl (C=O) groups is 1. The summed E-state index contributed by atoms with van der Waals surface area (Å²) in [5.74, 6) is -0.270. The highest BCUT2D eigenvalue weighted by molar-refractivity contribution is 7.89. The third-order valence-electron chi connectivity index (χ3n) is 3.86. The fourth-order valence-corrected chi connectivity index (χ4v) is 3.53. The maximum absolute atomic E-state index is 12.3. The molecule has 134 valence electrons. The summed E-state index contributed by atoms with van der Waals surface area (Å²) in [5.41, 5.74) is 7.97. The van der Waals surface area contributed by atoms with E-state index in [4.69, 9.17) is 5.73 Å². The van der Waals surface area contributed by atoms with Crippen LogP contribution in [-0.2, 0) is 14.8 Å². The first-order valence-corrected chi connectivity index (χ1v) is 9.29. The average molecular weight is 361 g/mol. The van der Waals surface area contributed by atoms with Crippen LogP contribution >= 0.6 is 0 Å². The Hall–Kier alpha value is -2.22. The van der Waals surface area contributed by atoms with E-state index < -0.39 is 16.1 Å². The van der Waals surface area contributed by atoms with Crippen molar-refractivity contribution in [3.8, 4) is 0 Å². The van der Waals surface area contributed by atoms with Gasteiger partial charge in [0.25, 0.3) is 0 Å². The molecule has 0 aliphatic rings. The number of aryl methyl sites for hydroxylation is 1. The van der Waals surface area contributed by atoms with Crippen molar-refractivity contribution in [2.24, 2.45) is 5.73 Å². The third-order valence-corrected chi connectivity index (χ3v) is 5.82. The molecular formula is C18H23N3O3S. The Kier molecular flexibility index (Phi) is 5.94. The van der Waals surface area contributed by atoms with Crippen LogP contribution in [0.3, 0.4) is 0 Å². The van der Waals surface area contributed by atoms with E-state index in [-0.39, 0.29) is 17.2 Å². The van der Waals surface area contributed by atoms with Crippen LogP contribution in [0.1, 0.15) is 23.6 Å². The van der Waals surface area contributed by atoms with Crippen molar-refractivity contribution in [2.45, 2.75) is 24.3 Å². The largest absolute Gasteiger partial charge is 0.326 e. The Bertz CT molecular complexity index is 849. The molecule has 3 N–H and O–H groups in total. The van der Waals surface area contributed by atoms with Crippen LogP contribution in [0.5, 0.6) is 0 Å². The van der Waals surface area contributed by atoms with E-state index in [0.29, 0.717) is 11.3 Å². The Labute approximate surface area is 148 Å². The van der Waals surface area contributed by atoms with Crippen LogP contribution in [0.25, 0.3) is 0 Å². The second-order valence-electron chi connectivity index (χ2n) is 6.04. The van der Waals surface area contributed by atoms with Gasteiger partial charge >= 0.3 is 0 Å². The maximum Gasteiger partial charge on any atom is 0.242 e. The zero-order valence-corrected chi connectivity index (χ0v) is 15.4. The lowest BCUT2D eigenvalue weighted by molar-refractivity contribution is -0.116. The van der Waals surface area contributed by atoms with Crippen molar-refractivity contribution in [1.82, 2.24) is 4.31 Å². The lowest BCUT2D eigenvalue weighted by atomic mass is 10.0. The van der Waals surface area contributed by atoms with E-state index in [1.165, 1.54) is 20.2 Å². The maximum atomic E-state index is 12.3. The molecule has 2 aromatic carbocycles. The van der Waals surface area contributed by atoms with Crippen LogP contribution in [0.4, 0.5) is 5.69 Å². The predicted molar refractivity (Wildman–Crippen MR) is 98.7 cm³/mol. The lowest BCUT2D eigenvalue weighted by Crippen LogP contribution is -2.24. The van der Waals surface area contributed by atoms with Crippen molar-refractivity contribution in [2.75, 3.05) is 19.4 Å². The van der Waals surface area contributed by atoms with E-state index in [1.54, 1.807) is 19.1 Å². The molecule has 0 saturated heterocycles. The molecule has 1 atom stereocenters. The van der Waals surface area contributed by atoms with Gasteiger partial charge in [-0.05, 0) is 30.2 Å². The summed E-state index contributed by atoms with van der Waals surface area (Å²) in [6.07, 6.45) is 0.105. The number of hydrogen-bond donors (Lipinski definition) is 2. The van der Waals surface area contributed by atoms with Gasteiger partial charge in [0.05, 0.1) is 4.90 Å². The van der Waals surface area contributed by atoms with Gasteiger partial charge in [-0.15, -0.1) is 0 Å². The number of rotatable bonds is 6. The molecule has 0 bridgehead atoms. The molecule has 0 aromatic heterocycles. The molecule has 1 unspecified atom stereocenters. The van der Waals surface area contributed by atoms with Gasteiger partial charge in [-0.1, -0.05) is 36.4 Å². The highest BCUT2D eigenvalue weighted by Crippen LogP contribution is 2.23. The predicted octanol–water partition coefficient (Wildman–Crippen LogP) is 2.27. The number of sulfonamides is 1. The Morgan fingerprint density at radius 2 is 1.80 bits per heavy atom. The van der Waals surface area contributed by atoms with Gasteiger partial charge in [0.1, 0.15) is 0 Å². The van der Waals surface area contributed by atoms with Crippen LogP contribution < -0.4 is 11.1 Å². The van der Waals surface area contributed by atoms with Gasteiger partial charge in [0.15, 0.2) is 0 Å². The molecule has 0 saturated carbocycles. The topological polar surface area (TPSA) is 92.5 Å². The second kappa shape index (κ2) is 7.77. The van der Waals surface area contributed by atoms with E-state index in [2.05, 4.69) is 5.32 Å². The number of hydrogen-bond acceptors (Lipinski definition) is 4. The van der Waals surface area contributed by atoms with E-state index in [9.17, 15) is 13.2 Å². The number of nitrogens with zero attached hydrogens (tertiary/aromatic N) is 1. The highest BCUT2D eigenvalue weighted by atomic mass is 32.2. The van der Waals surface area contributed by atoms with Gasteiger partial charge in [-0.25, -0.2) is 12.7 Å². The first-order valence-electron chi connectivity index (χ1n) is 7.85. The van der Waals surface area contributed by atoms with Crippen LogP contribution in [0.2, 0.25) is 0 Å². The summed E-state index contributed by atoms with van der Waals surface area (Å²) in [6, 6.07) is 13.7. The molecule has 0 fully saturated rings. The Morgan fingerprint density at radius 1 is 1.16 bits per heavy atom. The molecule has 2 rings (SSSR count). The van der Waals surface area contributed by atoms with E-state index in [1.807, 2.05) is 30.3 Å². The molecule has 7 heteroatoms. The molecule has 1 amide bonds. The summed E-state index contributed by atoms with van der Waals surface area (Å²) in [4.78, 5) is 12.4. The Balaban J connectivity index is 2.14. The van der Waals surface area contributed by atoms with E-state index in [0.717, 1.165) is 9.87 Å². The zero-order valence-electron chi connectivity index (χ0n) is 14.6. The van der Waals surface area contributed by atoms with Gasteiger partial charge in [-0.3, -0.25) is 4.79 Å². The van der Waals surface area contributed by atoms with Gasteiger partial charge in [-0.2, -0.15) is 0 Å². The number of nitrogens with two attached hydrogens (primary N) is 1. The summed E-state index contributed by atoms with van der Waals surface area (Å²) in [5, 5.41) is 2.72. The number of benzene rings is 2. The summed E-state index contributed by atoms with van der Waals surface area (Å²) < 4.78 is 25.8.